The summed E-state index contributed by atoms with van der Waals surface area (Å²) in [7, 11) is -3.86. The zero-order valence-electron chi connectivity index (χ0n) is 12.7. The monoisotopic (exact) mass is 340 g/mol. The maximum absolute atomic E-state index is 8.88. The van der Waals surface area contributed by atoms with Gasteiger partial charge in [-0.3, -0.25) is 0 Å². The van der Waals surface area contributed by atoms with E-state index in [1.165, 1.54) is 16.2 Å². The molecule has 0 radical (unpaired) electrons. The molecule has 1 unspecified atom stereocenters. The van der Waals surface area contributed by atoms with E-state index in [0.29, 0.717) is 0 Å². The third-order valence-electron chi connectivity index (χ3n) is 3.06. The minimum Gasteiger partial charge on any atom is -0.303 e. The Balaban J connectivity index is 0.000000422. The van der Waals surface area contributed by atoms with Gasteiger partial charge in [-0.2, -0.15) is 0 Å². The van der Waals surface area contributed by atoms with Crippen molar-refractivity contribution in [3.05, 3.63) is 59.7 Å². The van der Waals surface area contributed by atoms with Gasteiger partial charge in [0.15, 0.2) is 0 Å². The molecule has 0 saturated heterocycles. The molecule has 0 heterocycles. The fourth-order valence-corrected chi connectivity index (χ4v) is 3.52. The molecular weight excluding hydrogens is 318 g/mol. The Hall–Kier alpha value is -1.02. The molecule has 0 spiro atoms. The summed E-state index contributed by atoms with van der Waals surface area (Å²) in [4.78, 5) is 21.6. The van der Waals surface area contributed by atoms with Crippen LogP contribution in [0.3, 0.4) is 0 Å². The molecule has 0 aliphatic heterocycles. The molecule has 2 rings (SSSR count). The Kier molecular flexibility index (Phi) is 7.95. The second-order valence-corrected chi connectivity index (χ2v) is 7.05. The second-order valence-electron chi connectivity index (χ2n) is 4.65. The first kappa shape index (κ1) is 19.0. The largest absolute Gasteiger partial charge is 0.466 e. The summed E-state index contributed by atoms with van der Waals surface area (Å²) < 4.78 is 8.88. The van der Waals surface area contributed by atoms with Crippen LogP contribution < -0.4 is 10.6 Å². The van der Waals surface area contributed by atoms with Gasteiger partial charge in [0.05, 0.1) is 0 Å². The van der Waals surface area contributed by atoms with E-state index in [9.17, 15) is 0 Å². The highest BCUT2D eigenvalue weighted by Gasteiger charge is 2.05. The molecule has 0 aromatic heterocycles. The Morgan fingerprint density at radius 3 is 2.00 bits per heavy atom. The molecular formula is C16H22O4P2. The standard InChI is InChI=1S/C16H19P.H3O4P/c1-3-13-9-8-12-16(15(13)4-2)17-14-10-6-5-7-11-14;1-5(2,3)4/h5-12,17H,3-4H2,1-2H3;(H3,1,2,3,4). The first-order chi connectivity index (χ1) is 10.3. The number of benzene rings is 2. The van der Waals surface area contributed by atoms with E-state index in [1.807, 2.05) is 0 Å². The van der Waals surface area contributed by atoms with Crippen molar-refractivity contribution in [1.82, 2.24) is 0 Å². The Labute approximate surface area is 133 Å². The van der Waals surface area contributed by atoms with Gasteiger partial charge in [0.25, 0.3) is 0 Å². The zero-order valence-corrected chi connectivity index (χ0v) is 14.6. The Morgan fingerprint density at radius 2 is 1.50 bits per heavy atom. The molecule has 120 valence electrons. The summed E-state index contributed by atoms with van der Waals surface area (Å²) in [6.07, 6.45) is 2.27. The quantitative estimate of drug-likeness (QED) is 0.748. The number of hydrogen-bond acceptors (Lipinski definition) is 1. The third kappa shape index (κ3) is 7.31. The Morgan fingerprint density at radius 1 is 0.909 bits per heavy atom. The van der Waals surface area contributed by atoms with E-state index in [-0.39, 0.29) is 0 Å². The molecule has 2 aromatic carbocycles. The molecule has 6 heteroatoms. The van der Waals surface area contributed by atoms with E-state index in [1.54, 1.807) is 5.56 Å². The lowest BCUT2D eigenvalue weighted by Gasteiger charge is -2.12. The van der Waals surface area contributed by atoms with Crippen molar-refractivity contribution in [3.8, 4) is 0 Å². The van der Waals surface area contributed by atoms with E-state index < -0.39 is 7.82 Å². The predicted octanol–water partition coefficient (Wildman–Crippen LogP) is 2.51. The van der Waals surface area contributed by atoms with Gasteiger partial charge in [-0.25, -0.2) is 4.57 Å². The van der Waals surface area contributed by atoms with Crippen LogP contribution in [0.15, 0.2) is 48.5 Å². The van der Waals surface area contributed by atoms with Crippen molar-refractivity contribution in [3.63, 3.8) is 0 Å². The maximum atomic E-state index is 8.88. The molecule has 4 nitrogen and oxygen atoms in total. The van der Waals surface area contributed by atoms with Crippen LogP contribution in [0.2, 0.25) is 0 Å². The highest BCUT2D eigenvalue weighted by molar-refractivity contribution is 7.55. The van der Waals surface area contributed by atoms with E-state index >= 15 is 0 Å². The predicted molar refractivity (Wildman–Crippen MR) is 93.5 cm³/mol. The van der Waals surface area contributed by atoms with Crippen molar-refractivity contribution in [2.75, 3.05) is 0 Å². The van der Waals surface area contributed by atoms with Gasteiger partial charge in [0.1, 0.15) is 0 Å². The second kappa shape index (κ2) is 9.19. The molecule has 0 bridgehead atoms. The van der Waals surface area contributed by atoms with Gasteiger partial charge in [-0.1, -0.05) is 71.0 Å². The van der Waals surface area contributed by atoms with Crippen LogP contribution in [0.4, 0.5) is 0 Å². The van der Waals surface area contributed by atoms with Gasteiger partial charge >= 0.3 is 7.82 Å². The zero-order chi connectivity index (χ0) is 16.6. The molecule has 2 aromatic rings. The lowest BCUT2D eigenvalue weighted by Crippen LogP contribution is -2.11. The molecule has 1 atom stereocenters. The maximum Gasteiger partial charge on any atom is 0.466 e. The van der Waals surface area contributed by atoms with Gasteiger partial charge in [0, 0.05) is 0 Å². The van der Waals surface area contributed by atoms with Crippen LogP contribution in [-0.2, 0) is 17.4 Å². The molecule has 0 amide bonds. The van der Waals surface area contributed by atoms with Crippen molar-refractivity contribution in [1.29, 1.82) is 0 Å². The van der Waals surface area contributed by atoms with E-state index in [0.717, 1.165) is 21.4 Å². The number of rotatable bonds is 4. The highest BCUT2D eigenvalue weighted by Crippen LogP contribution is 2.25. The summed E-state index contributed by atoms with van der Waals surface area (Å²) in [5, 5.41) is 2.94. The first-order valence-electron chi connectivity index (χ1n) is 7.06. The molecule has 0 fully saturated rings. The first-order valence-corrected chi connectivity index (χ1v) is 9.62. The molecule has 0 aliphatic rings. The molecule has 3 N–H and O–H groups in total. The number of phosphoric acid groups is 1. The van der Waals surface area contributed by atoms with Crippen molar-refractivity contribution >= 4 is 27.0 Å². The summed E-state index contributed by atoms with van der Waals surface area (Å²) in [5.74, 6) is 0. The Bertz CT molecular complexity index is 615. The fraction of sp³-hybridized carbons (Fsp3) is 0.250. The number of hydrogen-bond donors (Lipinski definition) is 3. The SMILES string of the molecule is CCc1cccc(Pc2ccccc2)c1CC.O=P(O)(O)O. The third-order valence-corrected chi connectivity index (χ3v) is 4.42. The smallest absolute Gasteiger partial charge is 0.303 e. The van der Waals surface area contributed by atoms with Crippen LogP contribution in [-0.4, -0.2) is 14.7 Å². The van der Waals surface area contributed by atoms with Crippen molar-refractivity contribution in [2.24, 2.45) is 0 Å². The summed E-state index contributed by atoms with van der Waals surface area (Å²) in [5.41, 5.74) is 3.06. The average molecular weight is 340 g/mol. The summed E-state index contributed by atoms with van der Waals surface area (Å²) >= 11 is 0. The van der Waals surface area contributed by atoms with Gasteiger partial charge in [-0.15, -0.1) is 0 Å². The fourth-order valence-electron chi connectivity index (χ4n) is 2.18. The highest BCUT2D eigenvalue weighted by atomic mass is 31.2. The average Bonchev–Trinajstić information content (AvgIpc) is 2.46. The minimum atomic E-state index is -4.64. The lowest BCUT2D eigenvalue weighted by atomic mass is 10.0. The van der Waals surface area contributed by atoms with Crippen LogP contribution in [0.5, 0.6) is 0 Å². The van der Waals surface area contributed by atoms with Crippen LogP contribution in [0.1, 0.15) is 25.0 Å². The number of aryl methyl sites for hydroxylation is 1. The van der Waals surface area contributed by atoms with E-state index in [4.69, 9.17) is 19.2 Å². The van der Waals surface area contributed by atoms with Crippen LogP contribution in [0, 0.1) is 0 Å². The van der Waals surface area contributed by atoms with Gasteiger partial charge < -0.3 is 14.7 Å². The van der Waals surface area contributed by atoms with Gasteiger partial charge in [0.2, 0.25) is 0 Å². The molecule has 22 heavy (non-hydrogen) atoms. The molecule has 0 aliphatic carbocycles. The summed E-state index contributed by atoms with van der Waals surface area (Å²) in [6.45, 7) is 4.50. The minimum absolute atomic E-state index is 0.782. The van der Waals surface area contributed by atoms with E-state index in [2.05, 4.69) is 62.4 Å². The molecule has 0 saturated carbocycles. The van der Waals surface area contributed by atoms with Gasteiger partial charge in [-0.05, 0) is 34.6 Å². The topological polar surface area (TPSA) is 77.8 Å². The lowest BCUT2D eigenvalue weighted by molar-refractivity contribution is 0.275. The van der Waals surface area contributed by atoms with Crippen molar-refractivity contribution < 1.29 is 19.2 Å². The summed E-state index contributed by atoms with van der Waals surface area (Å²) in [6, 6.07) is 17.5. The van der Waals surface area contributed by atoms with Crippen molar-refractivity contribution in [2.45, 2.75) is 26.7 Å². The van der Waals surface area contributed by atoms with Crippen LogP contribution >= 0.6 is 16.4 Å². The van der Waals surface area contributed by atoms with Crippen LogP contribution in [0.25, 0.3) is 0 Å². The normalized spacial score (nSPS) is 11.3.